The van der Waals surface area contributed by atoms with E-state index in [9.17, 15) is 8.42 Å². The molecule has 2 aromatic rings. The minimum Gasteiger partial charge on any atom is -0.278 e. The monoisotopic (exact) mass is 315 g/mol. The summed E-state index contributed by atoms with van der Waals surface area (Å²) in [7, 11) is -3.64. The van der Waals surface area contributed by atoms with Gasteiger partial charge in [-0.05, 0) is 37.3 Å². The number of aryl methyl sites for hydroxylation is 1. The summed E-state index contributed by atoms with van der Waals surface area (Å²) in [6.07, 6.45) is 0. The van der Waals surface area contributed by atoms with Gasteiger partial charge in [-0.15, -0.1) is 0 Å². The molecule has 0 spiro atoms. The van der Waals surface area contributed by atoms with E-state index in [1.54, 1.807) is 30.3 Å². The smallest absolute Gasteiger partial charge is 0.261 e. The lowest BCUT2D eigenvalue weighted by molar-refractivity contribution is 0.601. The first kappa shape index (κ1) is 14.2. The van der Waals surface area contributed by atoms with Gasteiger partial charge < -0.3 is 0 Å². The van der Waals surface area contributed by atoms with E-state index in [0.29, 0.717) is 10.7 Å². The molecular weight excluding hydrogens is 305 g/mol. The van der Waals surface area contributed by atoms with Crippen molar-refractivity contribution in [3.05, 3.63) is 58.1 Å². The number of benzene rings is 2. The third-order valence-corrected chi connectivity index (χ3v) is 4.44. The van der Waals surface area contributed by atoms with E-state index in [4.69, 9.17) is 23.2 Å². The zero-order valence-corrected chi connectivity index (χ0v) is 12.4. The first-order valence-electron chi connectivity index (χ1n) is 5.43. The molecule has 3 nitrogen and oxygen atoms in total. The lowest BCUT2D eigenvalue weighted by Gasteiger charge is -2.10. The van der Waals surface area contributed by atoms with Crippen molar-refractivity contribution < 1.29 is 8.42 Å². The highest BCUT2D eigenvalue weighted by atomic mass is 35.5. The van der Waals surface area contributed by atoms with Gasteiger partial charge in [-0.25, -0.2) is 8.42 Å². The van der Waals surface area contributed by atoms with Crippen molar-refractivity contribution in [2.75, 3.05) is 4.72 Å². The summed E-state index contributed by atoms with van der Waals surface area (Å²) in [5.41, 5.74) is 1.29. The molecule has 2 aromatic carbocycles. The van der Waals surface area contributed by atoms with Crippen LogP contribution in [0.2, 0.25) is 10.0 Å². The second-order valence-electron chi connectivity index (χ2n) is 4.04. The quantitative estimate of drug-likeness (QED) is 0.926. The van der Waals surface area contributed by atoms with Crippen LogP contribution in [-0.2, 0) is 10.0 Å². The largest absolute Gasteiger partial charge is 0.278 e. The number of hydrogen-bond donors (Lipinski definition) is 1. The Morgan fingerprint density at radius 3 is 2.21 bits per heavy atom. The van der Waals surface area contributed by atoms with Crippen LogP contribution in [0.1, 0.15) is 5.56 Å². The van der Waals surface area contributed by atoms with E-state index in [-0.39, 0.29) is 9.92 Å². The van der Waals surface area contributed by atoms with Crippen molar-refractivity contribution in [1.29, 1.82) is 0 Å². The first-order valence-corrected chi connectivity index (χ1v) is 7.67. The molecule has 100 valence electrons. The summed E-state index contributed by atoms with van der Waals surface area (Å²) < 4.78 is 26.7. The van der Waals surface area contributed by atoms with E-state index in [1.807, 2.05) is 6.92 Å². The van der Waals surface area contributed by atoms with Crippen LogP contribution in [0.15, 0.2) is 47.4 Å². The Morgan fingerprint density at radius 2 is 1.63 bits per heavy atom. The molecule has 0 heterocycles. The summed E-state index contributed by atoms with van der Waals surface area (Å²) >= 11 is 11.7. The molecule has 0 atom stereocenters. The van der Waals surface area contributed by atoms with Gasteiger partial charge in [0.05, 0.1) is 15.6 Å². The van der Waals surface area contributed by atoms with E-state index in [1.165, 1.54) is 12.1 Å². The highest BCUT2D eigenvalue weighted by molar-refractivity contribution is 7.92. The van der Waals surface area contributed by atoms with E-state index < -0.39 is 10.0 Å². The third-order valence-electron chi connectivity index (χ3n) is 2.51. The molecule has 0 radical (unpaired) electrons. The van der Waals surface area contributed by atoms with Crippen LogP contribution in [0.5, 0.6) is 0 Å². The molecule has 0 aromatic heterocycles. The number of sulfonamides is 1. The summed E-state index contributed by atoms with van der Waals surface area (Å²) in [5, 5.41) is 0.700. The van der Waals surface area contributed by atoms with Gasteiger partial charge in [0, 0.05) is 5.02 Å². The standard InChI is InChI=1S/C13H11Cl2NO2S/c1-9-2-5-11(6-3-9)19(17,18)16-13-7-4-10(14)8-12(13)15/h2-8,16H,1H3. The average Bonchev–Trinajstić information content (AvgIpc) is 2.33. The number of anilines is 1. The fourth-order valence-corrected chi connectivity index (χ4v) is 3.08. The molecule has 19 heavy (non-hydrogen) atoms. The predicted molar refractivity (Wildman–Crippen MR) is 78.4 cm³/mol. The van der Waals surface area contributed by atoms with Gasteiger partial charge in [-0.2, -0.15) is 0 Å². The second-order valence-corrected chi connectivity index (χ2v) is 6.57. The summed E-state index contributed by atoms with van der Waals surface area (Å²) in [4.78, 5) is 0.184. The van der Waals surface area contributed by atoms with Crippen LogP contribution in [0, 0.1) is 6.92 Å². The van der Waals surface area contributed by atoms with E-state index >= 15 is 0 Å². The summed E-state index contributed by atoms with van der Waals surface area (Å²) in [6, 6.07) is 11.1. The van der Waals surface area contributed by atoms with Gasteiger partial charge in [0.15, 0.2) is 0 Å². The van der Waals surface area contributed by atoms with Crippen LogP contribution in [0.4, 0.5) is 5.69 Å². The van der Waals surface area contributed by atoms with Crippen LogP contribution in [-0.4, -0.2) is 8.42 Å². The summed E-state index contributed by atoms with van der Waals surface area (Å²) in [5.74, 6) is 0. The maximum Gasteiger partial charge on any atom is 0.261 e. The van der Waals surface area contributed by atoms with Crippen molar-refractivity contribution in [3.63, 3.8) is 0 Å². The molecular formula is C13H11Cl2NO2S. The van der Waals surface area contributed by atoms with Gasteiger partial charge >= 0.3 is 0 Å². The average molecular weight is 316 g/mol. The zero-order chi connectivity index (χ0) is 14.0. The Kier molecular flexibility index (Phi) is 4.04. The van der Waals surface area contributed by atoms with Crippen molar-refractivity contribution in [2.24, 2.45) is 0 Å². The highest BCUT2D eigenvalue weighted by Crippen LogP contribution is 2.27. The fraction of sp³-hybridized carbons (Fsp3) is 0.0769. The Hall–Kier alpha value is -1.23. The molecule has 0 bridgehead atoms. The topological polar surface area (TPSA) is 46.2 Å². The van der Waals surface area contributed by atoms with Gasteiger partial charge in [0.1, 0.15) is 0 Å². The zero-order valence-electron chi connectivity index (χ0n) is 10.0. The van der Waals surface area contributed by atoms with Crippen LogP contribution >= 0.6 is 23.2 Å². The molecule has 0 aliphatic carbocycles. The van der Waals surface area contributed by atoms with Crippen molar-refractivity contribution in [1.82, 2.24) is 0 Å². The first-order chi connectivity index (χ1) is 8.88. The second kappa shape index (κ2) is 5.41. The number of hydrogen-bond acceptors (Lipinski definition) is 2. The molecule has 0 saturated heterocycles. The van der Waals surface area contributed by atoms with Crippen molar-refractivity contribution >= 4 is 38.9 Å². The van der Waals surface area contributed by atoms with Gasteiger partial charge in [0.25, 0.3) is 10.0 Å². The minimum absolute atomic E-state index is 0.184. The molecule has 1 N–H and O–H groups in total. The van der Waals surface area contributed by atoms with Gasteiger partial charge in [-0.1, -0.05) is 40.9 Å². The Morgan fingerprint density at radius 1 is 1.00 bits per heavy atom. The predicted octanol–water partition coefficient (Wildman–Crippen LogP) is 4.10. The Bertz CT molecular complexity index is 697. The van der Waals surface area contributed by atoms with Crippen LogP contribution < -0.4 is 4.72 Å². The lowest BCUT2D eigenvalue weighted by Crippen LogP contribution is -2.13. The lowest BCUT2D eigenvalue weighted by atomic mass is 10.2. The Balaban J connectivity index is 2.33. The summed E-state index contributed by atoms with van der Waals surface area (Å²) in [6.45, 7) is 1.89. The molecule has 0 amide bonds. The van der Waals surface area contributed by atoms with Crippen LogP contribution in [0.3, 0.4) is 0 Å². The van der Waals surface area contributed by atoms with Gasteiger partial charge in [0.2, 0.25) is 0 Å². The molecule has 0 saturated carbocycles. The highest BCUT2D eigenvalue weighted by Gasteiger charge is 2.15. The van der Waals surface area contributed by atoms with E-state index in [2.05, 4.69) is 4.72 Å². The molecule has 0 fully saturated rings. The SMILES string of the molecule is Cc1ccc(S(=O)(=O)Nc2ccc(Cl)cc2Cl)cc1. The Labute approximate surface area is 122 Å². The third kappa shape index (κ3) is 3.41. The molecule has 2 rings (SSSR count). The molecule has 0 unspecified atom stereocenters. The van der Waals surface area contributed by atoms with Crippen molar-refractivity contribution in [3.8, 4) is 0 Å². The normalized spacial score (nSPS) is 11.3. The molecule has 0 aliphatic rings. The number of nitrogens with one attached hydrogen (secondary N) is 1. The maximum atomic E-state index is 12.1. The number of halogens is 2. The minimum atomic E-state index is -3.64. The fourth-order valence-electron chi connectivity index (χ4n) is 1.49. The maximum absolute atomic E-state index is 12.1. The molecule has 6 heteroatoms. The van der Waals surface area contributed by atoms with Gasteiger partial charge in [-0.3, -0.25) is 4.72 Å². The van der Waals surface area contributed by atoms with Crippen LogP contribution in [0.25, 0.3) is 0 Å². The number of rotatable bonds is 3. The van der Waals surface area contributed by atoms with E-state index in [0.717, 1.165) is 5.56 Å². The molecule has 0 aliphatic heterocycles. The van der Waals surface area contributed by atoms with Crippen molar-refractivity contribution in [2.45, 2.75) is 11.8 Å².